The molecule has 0 spiro atoms. The van der Waals surface area contributed by atoms with Gasteiger partial charge in [-0.15, -0.1) is 0 Å². The summed E-state index contributed by atoms with van der Waals surface area (Å²) < 4.78 is 0. The van der Waals surface area contributed by atoms with Crippen LogP contribution in [0, 0.1) is 6.92 Å². The number of amides is 1. The maximum atomic E-state index is 12.8. The Morgan fingerprint density at radius 1 is 1.24 bits per heavy atom. The molecule has 6 heteroatoms. The highest BCUT2D eigenvalue weighted by Gasteiger charge is 2.18. The lowest BCUT2D eigenvalue weighted by molar-refractivity contribution is 0.0701. The first-order chi connectivity index (χ1) is 12.2. The van der Waals surface area contributed by atoms with Gasteiger partial charge in [0.1, 0.15) is 5.69 Å². The molecule has 25 heavy (non-hydrogen) atoms. The Kier molecular flexibility index (Phi) is 5.20. The van der Waals surface area contributed by atoms with E-state index in [1.807, 2.05) is 43.3 Å². The van der Waals surface area contributed by atoms with Gasteiger partial charge < -0.3 is 10.0 Å². The van der Waals surface area contributed by atoms with Gasteiger partial charge in [-0.05, 0) is 24.6 Å². The van der Waals surface area contributed by atoms with E-state index in [1.165, 1.54) is 5.56 Å². The van der Waals surface area contributed by atoms with Crippen LogP contribution in [0.1, 0.15) is 21.6 Å². The number of aliphatic hydroxyl groups excluding tert-OH is 1. The zero-order chi connectivity index (χ0) is 17.6. The van der Waals surface area contributed by atoms with Crippen LogP contribution in [0.3, 0.4) is 0 Å². The van der Waals surface area contributed by atoms with Crippen molar-refractivity contribution in [2.45, 2.75) is 13.5 Å². The molecular formula is C19H20N4O2. The Balaban J connectivity index is 1.79. The zero-order valence-corrected chi connectivity index (χ0v) is 14.0. The van der Waals surface area contributed by atoms with Gasteiger partial charge in [0.15, 0.2) is 0 Å². The number of aryl methyl sites for hydroxylation is 1. The number of benzene rings is 1. The molecule has 6 nitrogen and oxygen atoms in total. The van der Waals surface area contributed by atoms with Crippen molar-refractivity contribution in [2.24, 2.45) is 0 Å². The number of nitrogens with one attached hydrogen (secondary N) is 1. The number of rotatable bonds is 6. The van der Waals surface area contributed by atoms with Crippen molar-refractivity contribution < 1.29 is 9.90 Å². The molecule has 1 amide bonds. The SMILES string of the molecule is Cc1ccc(-c2cc(C(=O)N(CCO)Cc3cccnc3)[nH]n2)cc1. The fraction of sp³-hybridized carbons (Fsp3) is 0.211. The van der Waals surface area contributed by atoms with Crippen molar-refractivity contribution in [1.82, 2.24) is 20.1 Å². The fourth-order valence-electron chi connectivity index (χ4n) is 2.56. The second kappa shape index (κ2) is 7.72. The molecule has 3 aromatic rings. The van der Waals surface area contributed by atoms with Crippen LogP contribution < -0.4 is 0 Å². The summed E-state index contributed by atoms with van der Waals surface area (Å²) in [5.41, 5.74) is 4.13. The number of pyridine rings is 1. The van der Waals surface area contributed by atoms with Crippen molar-refractivity contribution in [3.05, 3.63) is 71.7 Å². The molecule has 0 saturated heterocycles. The van der Waals surface area contributed by atoms with E-state index in [9.17, 15) is 9.90 Å². The lowest BCUT2D eigenvalue weighted by Crippen LogP contribution is -2.33. The van der Waals surface area contributed by atoms with Crippen LogP contribution in [0.4, 0.5) is 0 Å². The van der Waals surface area contributed by atoms with E-state index in [1.54, 1.807) is 23.4 Å². The van der Waals surface area contributed by atoms with Gasteiger partial charge in [-0.3, -0.25) is 14.9 Å². The summed E-state index contributed by atoms with van der Waals surface area (Å²) in [7, 11) is 0. The molecule has 0 bridgehead atoms. The number of aromatic amines is 1. The quantitative estimate of drug-likeness (QED) is 0.724. The highest BCUT2D eigenvalue weighted by Crippen LogP contribution is 2.19. The highest BCUT2D eigenvalue weighted by atomic mass is 16.3. The number of hydrogen-bond acceptors (Lipinski definition) is 4. The van der Waals surface area contributed by atoms with Crippen LogP contribution in [0.25, 0.3) is 11.3 Å². The highest BCUT2D eigenvalue weighted by molar-refractivity contribution is 5.93. The minimum atomic E-state index is -0.205. The summed E-state index contributed by atoms with van der Waals surface area (Å²) in [6.07, 6.45) is 3.40. The Bertz CT molecular complexity index is 828. The molecule has 0 saturated carbocycles. The average molecular weight is 336 g/mol. The summed E-state index contributed by atoms with van der Waals surface area (Å²) in [4.78, 5) is 18.4. The van der Waals surface area contributed by atoms with Gasteiger partial charge in [0, 0.05) is 31.0 Å². The van der Waals surface area contributed by atoms with Crippen LogP contribution >= 0.6 is 0 Å². The third-order valence-electron chi connectivity index (χ3n) is 3.91. The summed E-state index contributed by atoms with van der Waals surface area (Å²) in [6.45, 7) is 2.54. The predicted molar refractivity (Wildman–Crippen MR) is 94.8 cm³/mol. The van der Waals surface area contributed by atoms with E-state index in [-0.39, 0.29) is 19.1 Å². The van der Waals surface area contributed by atoms with Gasteiger partial charge in [-0.2, -0.15) is 5.10 Å². The van der Waals surface area contributed by atoms with Crippen LogP contribution in [-0.4, -0.2) is 44.2 Å². The summed E-state index contributed by atoms with van der Waals surface area (Å²) in [5, 5.41) is 16.3. The smallest absolute Gasteiger partial charge is 0.272 e. The molecular weight excluding hydrogens is 316 g/mol. The van der Waals surface area contributed by atoms with Gasteiger partial charge in [-0.25, -0.2) is 0 Å². The molecule has 2 aromatic heterocycles. The van der Waals surface area contributed by atoms with Gasteiger partial charge in [0.05, 0.1) is 12.3 Å². The van der Waals surface area contributed by atoms with Crippen LogP contribution in [0.2, 0.25) is 0 Å². The molecule has 0 aliphatic carbocycles. The number of H-pyrrole nitrogens is 1. The minimum Gasteiger partial charge on any atom is -0.395 e. The lowest BCUT2D eigenvalue weighted by atomic mass is 10.1. The number of hydrogen-bond donors (Lipinski definition) is 2. The number of carbonyl (C=O) groups is 1. The number of aromatic nitrogens is 3. The lowest BCUT2D eigenvalue weighted by Gasteiger charge is -2.20. The molecule has 0 unspecified atom stereocenters. The van der Waals surface area contributed by atoms with E-state index in [2.05, 4.69) is 15.2 Å². The Labute approximate surface area is 146 Å². The van der Waals surface area contributed by atoms with Crippen LogP contribution in [0.5, 0.6) is 0 Å². The Morgan fingerprint density at radius 3 is 2.72 bits per heavy atom. The second-order valence-corrected chi connectivity index (χ2v) is 5.84. The third-order valence-corrected chi connectivity index (χ3v) is 3.91. The first kappa shape index (κ1) is 16.9. The Morgan fingerprint density at radius 2 is 2.04 bits per heavy atom. The molecule has 0 aliphatic heterocycles. The molecule has 0 aliphatic rings. The van der Waals surface area contributed by atoms with E-state index < -0.39 is 0 Å². The van der Waals surface area contributed by atoms with Crippen molar-refractivity contribution >= 4 is 5.91 Å². The van der Waals surface area contributed by atoms with Crippen molar-refractivity contribution in [3.8, 4) is 11.3 Å². The van der Waals surface area contributed by atoms with Crippen LogP contribution in [0.15, 0.2) is 54.9 Å². The normalized spacial score (nSPS) is 10.6. The molecule has 128 valence electrons. The van der Waals surface area contributed by atoms with E-state index in [4.69, 9.17) is 0 Å². The second-order valence-electron chi connectivity index (χ2n) is 5.84. The summed E-state index contributed by atoms with van der Waals surface area (Å²) in [6, 6.07) is 13.4. The van der Waals surface area contributed by atoms with E-state index >= 15 is 0 Å². The number of aliphatic hydroxyl groups is 1. The molecule has 0 radical (unpaired) electrons. The summed E-state index contributed by atoms with van der Waals surface area (Å²) in [5.74, 6) is -0.205. The standard InChI is InChI=1S/C19H20N4O2/c1-14-4-6-16(7-5-14)17-11-18(22-21-17)19(25)23(9-10-24)13-15-3-2-8-20-12-15/h2-8,11-12,24H,9-10,13H2,1H3,(H,21,22). The Hall–Kier alpha value is -2.99. The monoisotopic (exact) mass is 336 g/mol. The molecule has 3 rings (SSSR count). The average Bonchev–Trinajstić information content (AvgIpc) is 3.12. The molecule has 2 N–H and O–H groups in total. The fourth-order valence-corrected chi connectivity index (χ4v) is 2.56. The van der Waals surface area contributed by atoms with E-state index in [0.29, 0.717) is 17.9 Å². The first-order valence-electron chi connectivity index (χ1n) is 8.09. The van der Waals surface area contributed by atoms with Crippen molar-refractivity contribution in [1.29, 1.82) is 0 Å². The number of carbonyl (C=O) groups excluding carboxylic acids is 1. The minimum absolute atomic E-state index is 0.106. The van der Waals surface area contributed by atoms with E-state index in [0.717, 1.165) is 11.1 Å². The summed E-state index contributed by atoms with van der Waals surface area (Å²) >= 11 is 0. The third kappa shape index (κ3) is 4.10. The number of nitrogens with zero attached hydrogens (tertiary/aromatic N) is 3. The first-order valence-corrected chi connectivity index (χ1v) is 8.09. The molecule has 1 aromatic carbocycles. The van der Waals surface area contributed by atoms with Gasteiger partial charge in [0.2, 0.25) is 0 Å². The van der Waals surface area contributed by atoms with Gasteiger partial charge >= 0.3 is 0 Å². The molecule has 0 atom stereocenters. The van der Waals surface area contributed by atoms with Crippen LogP contribution in [-0.2, 0) is 6.54 Å². The van der Waals surface area contributed by atoms with Crippen molar-refractivity contribution in [2.75, 3.05) is 13.2 Å². The largest absolute Gasteiger partial charge is 0.395 e. The topological polar surface area (TPSA) is 82.1 Å². The molecule has 2 heterocycles. The maximum Gasteiger partial charge on any atom is 0.272 e. The van der Waals surface area contributed by atoms with Gasteiger partial charge in [0.25, 0.3) is 5.91 Å². The zero-order valence-electron chi connectivity index (χ0n) is 14.0. The predicted octanol–water partition coefficient (Wildman–Crippen LogP) is 2.41. The molecule has 0 fully saturated rings. The van der Waals surface area contributed by atoms with Crippen molar-refractivity contribution in [3.63, 3.8) is 0 Å². The van der Waals surface area contributed by atoms with Gasteiger partial charge in [-0.1, -0.05) is 35.9 Å². The maximum absolute atomic E-state index is 12.8.